The second-order valence-corrected chi connectivity index (χ2v) is 5.96. The van der Waals surface area contributed by atoms with Crippen LogP contribution in [0.25, 0.3) is 0 Å². The van der Waals surface area contributed by atoms with E-state index in [1.54, 1.807) is 0 Å². The summed E-state index contributed by atoms with van der Waals surface area (Å²) in [6, 6.07) is 6.44. The molecular formula is C17H14ClF3N2O5. The normalized spacial score (nSPS) is 11.2. The summed E-state index contributed by atoms with van der Waals surface area (Å²) < 4.78 is 43.6. The molecule has 150 valence electrons. The van der Waals surface area contributed by atoms with Crippen molar-refractivity contribution in [2.24, 2.45) is 0 Å². The van der Waals surface area contributed by atoms with Crippen LogP contribution in [0.3, 0.4) is 0 Å². The number of rotatable bonds is 7. The van der Waals surface area contributed by atoms with Gasteiger partial charge < -0.3 is 4.74 Å². The van der Waals surface area contributed by atoms with Crippen molar-refractivity contribution < 1.29 is 32.5 Å². The fourth-order valence-corrected chi connectivity index (χ4v) is 2.42. The molecule has 0 bridgehead atoms. The molecule has 0 fully saturated rings. The van der Waals surface area contributed by atoms with E-state index in [2.05, 4.69) is 5.48 Å². The number of nitro benzene ring substituents is 1. The van der Waals surface area contributed by atoms with Crippen molar-refractivity contribution in [2.75, 3.05) is 6.61 Å². The summed E-state index contributed by atoms with van der Waals surface area (Å²) in [5.41, 5.74) is 1.22. The maximum atomic E-state index is 12.7. The number of hydrogen-bond acceptors (Lipinski definition) is 5. The molecule has 0 heterocycles. The van der Waals surface area contributed by atoms with Gasteiger partial charge in [0.15, 0.2) is 0 Å². The number of halogens is 4. The van der Waals surface area contributed by atoms with Crippen LogP contribution < -0.4 is 10.2 Å². The van der Waals surface area contributed by atoms with E-state index in [1.807, 2.05) is 0 Å². The molecule has 0 unspecified atom stereocenters. The van der Waals surface area contributed by atoms with Crippen LogP contribution in [0, 0.1) is 10.1 Å². The molecule has 2 rings (SSSR count). The van der Waals surface area contributed by atoms with E-state index < -0.39 is 22.6 Å². The van der Waals surface area contributed by atoms with E-state index in [0.717, 1.165) is 18.2 Å². The van der Waals surface area contributed by atoms with E-state index >= 15 is 0 Å². The standard InChI is InChI=1S/C17H14ClF3N2O5/c1-10(24)22-27-7-6-11-8-13(3-4-15(11)23(25)26)28-16-5-2-12(9-14(16)18)17(19,20)21/h2-5,8-9H,6-7H2,1H3,(H,22,24). The fraction of sp³-hybridized carbons (Fsp3) is 0.235. The molecule has 0 aliphatic rings. The Morgan fingerprint density at radius 1 is 1.25 bits per heavy atom. The second-order valence-electron chi connectivity index (χ2n) is 5.55. The highest BCUT2D eigenvalue weighted by Crippen LogP contribution is 2.37. The predicted molar refractivity (Wildman–Crippen MR) is 93.1 cm³/mol. The molecule has 0 spiro atoms. The van der Waals surface area contributed by atoms with Crippen molar-refractivity contribution in [3.63, 3.8) is 0 Å². The number of carbonyl (C=O) groups is 1. The lowest BCUT2D eigenvalue weighted by molar-refractivity contribution is -0.385. The Balaban J connectivity index is 2.20. The first-order valence-electron chi connectivity index (χ1n) is 7.78. The number of nitrogens with one attached hydrogen (secondary N) is 1. The molecule has 0 aliphatic heterocycles. The monoisotopic (exact) mass is 418 g/mol. The molecule has 1 amide bonds. The van der Waals surface area contributed by atoms with E-state index in [4.69, 9.17) is 21.2 Å². The van der Waals surface area contributed by atoms with Gasteiger partial charge in [-0.05, 0) is 30.3 Å². The van der Waals surface area contributed by atoms with Gasteiger partial charge in [-0.1, -0.05) is 11.6 Å². The molecule has 0 aliphatic carbocycles. The fourth-order valence-electron chi connectivity index (χ4n) is 2.20. The van der Waals surface area contributed by atoms with Crippen molar-refractivity contribution in [1.82, 2.24) is 5.48 Å². The zero-order valence-corrected chi connectivity index (χ0v) is 15.1. The number of carbonyl (C=O) groups excluding carboxylic acids is 1. The van der Waals surface area contributed by atoms with Gasteiger partial charge in [0.05, 0.1) is 22.1 Å². The van der Waals surface area contributed by atoms with Gasteiger partial charge in [0.1, 0.15) is 11.5 Å². The highest BCUT2D eigenvalue weighted by molar-refractivity contribution is 6.32. The number of hydrogen-bond donors (Lipinski definition) is 1. The maximum Gasteiger partial charge on any atom is 0.416 e. The van der Waals surface area contributed by atoms with Crippen LogP contribution in [-0.2, 0) is 22.2 Å². The summed E-state index contributed by atoms with van der Waals surface area (Å²) in [7, 11) is 0. The molecule has 7 nitrogen and oxygen atoms in total. The van der Waals surface area contributed by atoms with Gasteiger partial charge in [-0.3, -0.25) is 19.7 Å². The number of alkyl halides is 3. The van der Waals surface area contributed by atoms with Crippen molar-refractivity contribution >= 4 is 23.2 Å². The molecule has 1 N–H and O–H groups in total. The van der Waals surface area contributed by atoms with Gasteiger partial charge >= 0.3 is 6.18 Å². The molecule has 28 heavy (non-hydrogen) atoms. The van der Waals surface area contributed by atoms with Crippen LogP contribution in [0.15, 0.2) is 36.4 Å². The average molecular weight is 419 g/mol. The molecule has 0 saturated heterocycles. The molecular weight excluding hydrogens is 405 g/mol. The number of ether oxygens (including phenoxy) is 1. The Bertz CT molecular complexity index is 890. The molecule has 0 saturated carbocycles. The zero-order chi connectivity index (χ0) is 20.9. The van der Waals surface area contributed by atoms with Gasteiger partial charge in [0, 0.05) is 25.0 Å². The third-order valence-corrected chi connectivity index (χ3v) is 3.72. The molecule has 2 aromatic carbocycles. The van der Waals surface area contributed by atoms with Gasteiger partial charge in [-0.25, -0.2) is 5.48 Å². The lowest BCUT2D eigenvalue weighted by Crippen LogP contribution is -2.21. The molecule has 0 atom stereocenters. The van der Waals surface area contributed by atoms with Crippen molar-refractivity contribution in [2.45, 2.75) is 19.5 Å². The number of nitrogens with zero attached hydrogens (tertiary/aromatic N) is 1. The highest BCUT2D eigenvalue weighted by atomic mass is 35.5. The first-order chi connectivity index (χ1) is 13.1. The molecule has 2 aromatic rings. The maximum absolute atomic E-state index is 12.7. The van der Waals surface area contributed by atoms with Crippen LogP contribution >= 0.6 is 11.6 Å². The largest absolute Gasteiger partial charge is 0.456 e. The first-order valence-corrected chi connectivity index (χ1v) is 8.16. The van der Waals surface area contributed by atoms with Gasteiger partial charge in [0.2, 0.25) is 5.91 Å². The summed E-state index contributed by atoms with van der Waals surface area (Å²) in [4.78, 5) is 26.2. The lowest BCUT2D eigenvalue weighted by Gasteiger charge is -2.12. The number of hydroxylamine groups is 1. The van der Waals surface area contributed by atoms with Crippen LogP contribution in [0.5, 0.6) is 11.5 Å². The molecule has 0 radical (unpaired) electrons. The number of amides is 1. The smallest absolute Gasteiger partial charge is 0.416 e. The Kier molecular flexibility index (Phi) is 6.81. The third-order valence-electron chi connectivity index (χ3n) is 3.42. The van der Waals surface area contributed by atoms with E-state index in [1.165, 1.54) is 25.1 Å². The summed E-state index contributed by atoms with van der Waals surface area (Å²) in [5.74, 6) is -0.325. The Morgan fingerprint density at radius 2 is 1.96 bits per heavy atom. The number of benzene rings is 2. The lowest BCUT2D eigenvalue weighted by atomic mass is 10.1. The van der Waals surface area contributed by atoms with E-state index in [9.17, 15) is 28.1 Å². The minimum absolute atomic E-state index is 0.0368. The number of nitro groups is 1. The summed E-state index contributed by atoms with van der Waals surface area (Å²) in [5, 5.41) is 10.9. The van der Waals surface area contributed by atoms with Gasteiger partial charge in [0.25, 0.3) is 5.69 Å². The van der Waals surface area contributed by atoms with Crippen molar-refractivity contribution in [1.29, 1.82) is 0 Å². The minimum atomic E-state index is -4.55. The third kappa shape index (κ3) is 5.83. The topological polar surface area (TPSA) is 90.7 Å². The van der Waals surface area contributed by atoms with Crippen molar-refractivity contribution in [3.8, 4) is 11.5 Å². The van der Waals surface area contributed by atoms with Gasteiger partial charge in [-0.2, -0.15) is 13.2 Å². The second kappa shape index (κ2) is 8.89. The Labute approximate surface area is 162 Å². The van der Waals surface area contributed by atoms with E-state index in [-0.39, 0.29) is 40.8 Å². The summed E-state index contributed by atoms with van der Waals surface area (Å²) in [6.07, 6.45) is -4.47. The van der Waals surface area contributed by atoms with Crippen LogP contribution in [0.4, 0.5) is 18.9 Å². The predicted octanol–water partition coefficient (Wildman–Crippen LogP) is 4.67. The van der Waals surface area contributed by atoms with Crippen LogP contribution in [0.2, 0.25) is 5.02 Å². The van der Waals surface area contributed by atoms with Crippen LogP contribution in [0.1, 0.15) is 18.1 Å². The quantitative estimate of drug-likeness (QED) is 0.401. The van der Waals surface area contributed by atoms with E-state index in [0.29, 0.717) is 0 Å². The summed E-state index contributed by atoms with van der Waals surface area (Å²) >= 11 is 5.85. The Hall–Kier alpha value is -2.85. The Morgan fingerprint density at radius 3 is 2.54 bits per heavy atom. The highest BCUT2D eigenvalue weighted by Gasteiger charge is 2.31. The molecule has 0 aromatic heterocycles. The SMILES string of the molecule is CC(=O)NOCCc1cc(Oc2ccc(C(F)(F)F)cc2Cl)ccc1[N+](=O)[O-]. The summed E-state index contributed by atoms with van der Waals surface area (Å²) in [6.45, 7) is 1.20. The van der Waals surface area contributed by atoms with Gasteiger partial charge in [-0.15, -0.1) is 0 Å². The average Bonchev–Trinajstić information content (AvgIpc) is 2.59. The van der Waals surface area contributed by atoms with Crippen LogP contribution in [-0.4, -0.2) is 17.4 Å². The minimum Gasteiger partial charge on any atom is -0.456 e. The zero-order valence-electron chi connectivity index (χ0n) is 14.4. The van der Waals surface area contributed by atoms with Crippen molar-refractivity contribution in [3.05, 3.63) is 62.7 Å². The first kappa shape index (κ1) is 21.5. The molecule has 11 heteroatoms.